The van der Waals surface area contributed by atoms with E-state index < -0.39 is 0 Å². The van der Waals surface area contributed by atoms with Crippen LogP contribution in [-0.2, 0) is 0 Å². The van der Waals surface area contributed by atoms with Gasteiger partial charge < -0.3 is 8.83 Å². The average Bonchev–Trinajstić information content (AvgIpc) is 3.97. The van der Waals surface area contributed by atoms with Gasteiger partial charge in [0, 0.05) is 58.4 Å². The van der Waals surface area contributed by atoms with Crippen molar-refractivity contribution in [3.8, 4) is 45.6 Å². The van der Waals surface area contributed by atoms with E-state index in [0.717, 1.165) is 97.0 Å². The number of thiophene rings is 1. The van der Waals surface area contributed by atoms with Gasteiger partial charge in [-0.2, -0.15) is 0 Å². The molecule has 55 heavy (non-hydrogen) atoms. The summed E-state index contributed by atoms with van der Waals surface area (Å²) in [6.07, 6.45) is 0. The van der Waals surface area contributed by atoms with Crippen LogP contribution in [0.3, 0.4) is 0 Å². The summed E-state index contributed by atoms with van der Waals surface area (Å²) in [6.45, 7) is 0. The van der Waals surface area contributed by atoms with Crippen LogP contribution in [-0.4, -0.2) is 19.9 Å². The molecule has 0 bridgehead atoms. The van der Waals surface area contributed by atoms with Gasteiger partial charge in [-0.25, -0.2) is 19.9 Å². The molecule has 0 N–H and O–H groups in total. The van der Waals surface area contributed by atoms with E-state index in [1.54, 1.807) is 11.3 Å². The Balaban J connectivity index is 1.05. The molecular formula is C48H26N4O2S. The largest absolute Gasteiger partial charge is 0.455 e. The number of fused-ring (bicyclic) bond motifs is 11. The maximum absolute atomic E-state index is 6.54. The van der Waals surface area contributed by atoms with Crippen molar-refractivity contribution >= 4 is 86.1 Å². The highest BCUT2D eigenvalue weighted by Gasteiger charge is 2.21. The Morgan fingerprint density at radius 2 is 1.02 bits per heavy atom. The van der Waals surface area contributed by atoms with Gasteiger partial charge in [-0.15, -0.1) is 11.3 Å². The van der Waals surface area contributed by atoms with Gasteiger partial charge in [-0.3, -0.25) is 0 Å². The predicted molar refractivity (Wildman–Crippen MR) is 224 cm³/mol. The predicted octanol–water partition coefficient (Wildman–Crippen LogP) is 13.3. The van der Waals surface area contributed by atoms with Crippen LogP contribution in [0.1, 0.15) is 0 Å². The van der Waals surface area contributed by atoms with Crippen LogP contribution < -0.4 is 0 Å². The molecule has 0 fully saturated rings. The van der Waals surface area contributed by atoms with Crippen LogP contribution in [0.2, 0.25) is 0 Å². The van der Waals surface area contributed by atoms with Crippen LogP contribution >= 0.6 is 11.3 Å². The first-order chi connectivity index (χ1) is 27.2. The van der Waals surface area contributed by atoms with E-state index in [1.165, 1.54) is 0 Å². The lowest BCUT2D eigenvalue weighted by molar-refractivity contribution is 0.624. The van der Waals surface area contributed by atoms with E-state index in [0.29, 0.717) is 23.4 Å². The van der Waals surface area contributed by atoms with E-state index >= 15 is 0 Å². The Morgan fingerprint density at radius 1 is 0.382 bits per heavy atom. The Hall–Kier alpha value is -7.22. The molecule has 12 rings (SSSR count). The van der Waals surface area contributed by atoms with Crippen LogP contribution in [0.15, 0.2) is 167 Å². The molecule has 4 aromatic heterocycles. The molecule has 0 aliphatic rings. The van der Waals surface area contributed by atoms with E-state index in [4.69, 9.17) is 28.8 Å². The van der Waals surface area contributed by atoms with E-state index in [9.17, 15) is 0 Å². The smallest absolute Gasteiger partial charge is 0.228 e. The standard InChI is InChI=1S/C48H26N4O2S/c1-2-12-29(13-3-1)45-50-46(30-22-25-40-38(26-30)33-23-20-27-10-4-6-14-31(27)41(33)53-40)52-47(51-45)36-18-8-16-34-35-17-9-19-37(44(35)55-43(34)36)48-49-39-24-21-28-11-5-7-15-32(28)42(39)54-48/h1-26H. The Bertz CT molecular complexity index is 3510. The zero-order chi connectivity index (χ0) is 36.0. The van der Waals surface area contributed by atoms with Crippen molar-refractivity contribution in [1.29, 1.82) is 0 Å². The summed E-state index contributed by atoms with van der Waals surface area (Å²) in [7, 11) is 0. The second kappa shape index (κ2) is 11.6. The maximum atomic E-state index is 6.54. The highest BCUT2D eigenvalue weighted by Crippen LogP contribution is 2.44. The first-order valence-corrected chi connectivity index (χ1v) is 18.9. The summed E-state index contributed by atoms with van der Waals surface area (Å²) >= 11 is 1.71. The number of benzene rings is 8. The molecule has 256 valence electrons. The molecule has 8 aromatic carbocycles. The SMILES string of the molecule is c1ccc(-c2nc(-c3ccc4oc5c6ccccc6ccc5c4c3)nc(-c3cccc4c3sc3c(-c5nc6ccc7ccccc7c6o5)cccc34)n2)cc1. The lowest BCUT2D eigenvalue weighted by Gasteiger charge is -2.09. The Labute approximate surface area is 317 Å². The van der Waals surface area contributed by atoms with Gasteiger partial charge in [0.15, 0.2) is 23.1 Å². The second-order valence-electron chi connectivity index (χ2n) is 13.8. The minimum absolute atomic E-state index is 0.596. The molecule has 7 heteroatoms. The van der Waals surface area contributed by atoms with Crippen LogP contribution in [0.25, 0.3) is 120 Å². The average molecular weight is 723 g/mol. The lowest BCUT2D eigenvalue weighted by atomic mass is 10.0. The number of hydrogen-bond acceptors (Lipinski definition) is 7. The first-order valence-electron chi connectivity index (χ1n) is 18.1. The van der Waals surface area contributed by atoms with Gasteiger partial charge in [0.05, 0.1) is 5.56 Å². The monoisotopic (exact) mass is 722 g/mol. The summed E-state index contributed by atoms with van der Waals surface area (Å²) in [6, 6.07) is 54.0. The van der Waals surface area contributed by atoms with Crippen molar-refractivity contribution in [2.45, 2.75) is 0 Å². The van der Waals surface area contributed by atoms with Gasteiger partial charge in [-0.05, 0) is 53.2 Å². The van der Waals surface area contributed by atoms with Crippen molar-refractivity contribution < 1.29 is 8.83 Å². The van der Waals surface area contributed by atoms with Crippen LogP contribution in [0, 0.1) is 0 Å². The third kappa shape index (κ3) is 4.67. The number of nitrogens with zero attached hydrogens (tertiary/aromatic N) is 4. The molecule has 4 heterocycles. The molecular weight excluding hydrogens is 697 g/mol. The molecule has 0 atom stereocenters. The van der Waals surface area contributed by atoms with Crippen molar-refractivity contribution in [3.05, 3.63) is 158 Å². The third-order valence-corrected chi connectivity index (χ3v) is 11.9. The number of furan rings is 1. The molecule has 0 saturated carbocycles. The highest BCUT2D eigenvalue weighted by molar-refractivity contribution is 7.26. The molecule has 0 aliphatic heterocycles. The zero-order valence-corrected chi connectivity index (χ0v) is 29.8. The topological polar surface area (TPSA) is 77.8 Å². The molecule has 0 saturated heterocycles. The number of rotatable bonds is 4. The lowest BCUT2D eigenvalue weighted by Crippen LogP contribution is -2.00. The van der Waals surface area contributed by atoms with Gasteiger partial charge in [0.1, 0.15) is 16.7 Å². The minimum atomic E-state index is 0.596. The van der Waals surface area contributed by atoms with Crippen molar-refractivity contribution in [2.24, 2.45) is 0 Å². The molecule has 0 radical (unpaired) electrons. The summed E-state index contributed by atoms with van der Waals surface area (Å²) in [4.78, 5) is 20.4. The van der Waals surface area contributed by atoms with Crippen molar-refractivity contribution in [3.63, 3.8) is 0 Å². The minimum Gasteiger partial charge on any atom is -0.455 e. The Morgan fingerprint density at radius 3 is 1.82 bits per heavy atom. The van der Waals surface area contributed by atoms with Crippen molar-refractivity contribution in [1.82, 2.24) is 19.9 Å². The molecule has 0 unspecified atom stereocenters. The highest BCUT2D eigenvalue weighted by atomic mass is 32.1. The normalized spacial score (nSPS) is 12.0. The van der Waals surface area contributed by atoms with E-state index in [2.05, 4.69) is 91.0 Å². The Kier molecular flexibility index (Phi) is 6.40. The fourth-order valence-corrected chi connectivity index (χ4v) is 9.24. The summed E-state index contributed by atoms with van der Waals surface area (Å²) in [5, 5.41) is 8.76. The van der Waals surface area contributed by atoms with Gasteiger partial charge in [0.2, 0.25) is 5.89 Å². The fraction of sp³-hybridized carbons (Fsp3) is 0. The number of oxazole rings is 1. The summed E-state index contributed by atoms with van der Waals surface area (Å²) in [5.74, 6) is 2.42. The molecule has 0 amide bonds. The van der Waals surface area contributed by atoms with Crippen LogP contribution in [0.5, 0.6) is 0 Å². The molecule has 6 nitrogen and oxygen atoms in total. The van der Waals surface area contributed by atoms with Crippen LogP contribution in [0.4, 0.5) is 0 Å². The van der Waals surface area contributed by atoms with E-state index in [-0.39, 0.29) is 0 Å². The van der Waals surface area contributed by atoms with Crippen molar-refractivity contribution in [2.75, 3.05) is 0 Å². The molecule has 0 aliphatic carbocycles. The summed E-state index contributed by atoms with van der Waals surface area (Å²) < 4.78 is 15.2. The zero-order valence-electron chi connectivity index (χ0n) is 29.0. The van der Waals surface area contributed by atoms with Gasteiger partial charge in [-0.1, -0.05) is 115 Å². The number of aromatic nitrogens is 4. The molecule has 12 aromatic rings. The van der Waals surface area contributed by atoms with Gasteiger partial charge in [0.25, 0.3) is 0 Å². The maximum Gasteiger partial charge on any atom is 0.228 e. The second-order valence-corrected chi connectivity index (χ2v) is 14.8. The fourth-order valence-electron chi connectivity index (χ4n) is 7.92. The summed E-state index contributed by atoms with van der Waals surface area (Å²) in [5.41, 5.74) is 7.05. The van der Waals surface area contributed by atoms with Gasteiger partial charge >= 0.3 is 0 Å². The van der Waals surface area contributed by atoms with E-state index in [1.807, 2.05) is 66.7 Å². The first kappa shape index (κ1) is 30.3. The third-order valence-electron chi connectivity index (χ3n) is 10.6. The molecule has 0 spiro atoms. The number of hydrogen-bond donors (Lipinski definition) is 0. The quantitative estimate of drug-likeness (QED) is 0.180.